The second-order valence-corrected chi connectivity index (χ2v) is 7.38. The minimum atomic E-state index is -0.0224. The minimum absolute atomic E-state index is 0.0224. The Morgan fingerprint density at radius 3 is 2.96 bits per heavy atom. The molecule has 5 nitrogen and oxygen atoms in total. The van der Waals surface area contributed by atoms with Gasteiger partial charge in [-0.05, 0) is 48.6 Å². The summed E-state index contributed by atoms with van der Waals surface area (Å²) in [6.07, 6.45) is 4.89. The molecule has 0 saturated carbocycles. The Kier molecular flexibility index (Phi) is 4.67. The van der Waals surface area contributed by atoms with Crippen molar-refractivity contribution in [2.45, 2.75) is 25.3 Å². The quantitative estimate of drug-likeness (QED) is 0.733. The molecule has 2 N–H and O–H groups in total. The van der Waals surface area contributed by atoms with Crippen molar-refractivity contribution in [1.29, 1.82) is 0 Å². The second kappa shape index (κ2) is 7.25. The van der Waals surface area contributed by atoms with Crippen molar-refractivity contribution in [1.82, 2.24) is 15.3 Å². The number of carbonyl (C=O) groups excluding carboxylic acids is 1. The number of hydrogen-bond donors (Lipinski definition) is 2. The Labute approximate surface area is 156 Å². The number of aryl methyl sites for hydroxylation is 1. The first-order valence-electron chi connectivity index (χ1n) is 8.74. The normalized spacial score (nSPS) is 16.0. The van der Waals surface area contributed by atoms with Gasteiger partial charge in [-0.1, -0.05) is 24.3 Å². The monoisotopic (exact) mass is 364 g/mol. The van der Waals surface area contributed by atoms with E-state index in [9.17, 15) is 4.79 Å². The molecule has 1 aromatic carbocycles. The molecule has 3 aromatic rings. The zero-order valence-electron chi connectivity index (χ0n) is 14.5. The minimum Gasteiger partial charge on any atom is -0.357 e. The summed E-state index contributed by atoms with van der Waals surface area (Å²) in [6.45, 7) is 0. The fourth-order valence-electron chi connectivity index (χ4n) is 3.35. The van der Waals surface area contributed by atoms with Crippen LogP contribution in [0.3, 0.4) is 0 Å². The first-order chi connectivity index (χ1) is 12.7. The summed E-state index contributed by atoms with van der Waals surface area (Å²) in [7, 11) is 1.79. The van der Waals surface area contributed by atoms with Crippen LogP contribution in [0.1, 0.15) is 39.7 Å². The van der Waals surface area contributed by atoms with Gasteiger partial charge in [-0.3, -0.25) is 4.79 Å². The van der Waals surface area contributed by atoms with Gasteiger partial charge in [0.05, 0.1) is 21.5 Å². The van der Waals surface area contributed by atoms with Gasteiger partial charge < -0.3 is 10.6 Å². The number of nitrogens with zero attached hydrogens (tertiary/aromatic N) is 2. The third-order valence-electron chi connectivity index (χ3n) is 4.64. The van der Waals surface area contributed by atoms with Crippen molar-refractivity contribution in [3.63, 3.8) is 0 Å². The molecular formula is C20H20N4OS. The van der Waals surface area contributed by atoms with Crippen LogP contribution in [0, 0.1) is 0 Å². The number of thiophene rings is 1. The molecule has 132 valence electrons. The van der Waals surface area contributed by atoms with E-state index in [-0.39, 0.29) is 11.9 Å². The van der Waals surface area contributed by atoms with Crippen LogP contribution in [-0.4, -0.2) is 22.9 Å². The van der Waals surface area contributed by atoms with Gasteiger partial charge in [-0.15, -0.1) is 11.3 Å². The Morgan fingerprint density at radius 1 is 1.19 bits per heavy atom. The van der Waals surface area contributed by atoms with E-state index in [1.54, 1.807) is 13.2 Å². The fourth-order valence-corrected chi connectivity index (χ4v) is 4.23. The van der Waals surface area contributed by atoms with Crippen LogP contribution in [0.4, 0.5) is 5.95 Å². The molecular weight excluding hydrogens is 344 g/mol. The standard InChI is InChI=1S/C20H20N4OS/c1-21-20-22-12-11-16(24-20)17-9-10-18(26-17)19(25)23-15-8-4-6-13-5-2-3-7-14(13)15/h2-3,5,7,9-12,15H,4,6,8H2,1H3,(H,23,25)(H,21,22,24). The SMILES string of the molecule is CNc1nccc(-c2ccc(C(=O)NC3CCCc4ccccc43)s2)n1. The Morgan fingerprint density at radius 2 is 2.08 bits per heavy atom. The van der Waals surface area contributed by atoms with E-state index in [2.05, 4.69) is 38.8 Å². The van der Waals surface area contributed by atoms with Gasteiger partial charge in [-0.25, -0.2) is 9.97 Å². The Bertz CT molecular complexity index is 937. The number of carbonyl (C=O) groups is 1. The molecule has 26 heavy (non-hydrogen) atoms. The average molecular weight is 364 g/mol. The van der Waals surface area contributed by atoms with E-state index >= 15 is 0 Å². The summed E-state index contributed by atoms with van der Waals surface area (Å²) in [5.74, 6) is 0.548. The molecule has 0 saturated heterocycles. The molecule has 2 heterocycles. The number of rotatable bonds is 4. The van der Waals surface area contributed by atoms with Gasteiger partial charge in [0, 0.05) is 13.2 Å². The molecule has 0 spiro atoms. The first kappa shape index (κ1) is 16.7. The lowest BCUT2D eigenvalue weighted by atomic mass is 9.88. The van der Waals surface area contributed by atoms with Crippen molar-refractivity contribution < 1.29 is 4.79 Å². The number of nitrogens with one attached hydrogen (secondary N) is 2. The van der Waals surface area contributed by atoms with E-state index in [1.165, 1.54) is 22.5 Å². The lowest BCUT2D eigenvalue weighted by Crippen LogP contribution is -2.30. The highest BCUT2D eigenvalue weighted by Crippen LogP contribution is 2.31. The predicted octanol–water partition coefficient (Wildman–Crippen LogP) is 4.05. The molecule has 0 radical (unpaired) electrons. The highest BCUT2D eigenvalue weighted by molar-refractivity contribution is 7.17. The van der Waals surface area contributed by atoms with Crippen LogP contribution in [-0.2, 0) is 6.42 Å². The maximum Gasteiger partial charge on any atom is 0.261 e. The van der Waals surface area contributed by atoms with E-state index in [0.29, 0.717) is 10.8 Å². The van der Waals surface area contributed by atoms with E-state index in [4.69, 9.17) is 0 Å². The summed E-state index contributed by atoms with van der Waals surface area (Å²) in [6, 6.07) is 14.1. The lowest BCUT2D eigenvalue weighted by molar-refractivity contribution is 0.0937. The topological polar surface area (TPSA) is 66.9 Å². The van der Waals surface area contributed by atoms with E-state index in [1.807, 2.05) is 24.3 Å². The van der Waals surface area contributed by atoms with Crippen LogP contribution >= 0.6 is 11.3 Å². The van der Waals surface area contributed by atoms with Crippen molar-refractivity contribution in [2.75, 3.05) is 12.4 Å². The second-order valence-electron chi connectivity index (χ2n) is 6.30. The lowest BCUT2D eigenvalue weighted by Gasteiger charge is -2.26. The van der Waals surface area contributed by atoms with Crippen LogP contribution in [0.15, 0.2) is 48.7 Å². The van der Waals surface area contributed by atoms with Crippen molar-refractivity contribution in [2.24, 2.45) is 0 Å². The fraction of sp³-hybridized carbons (Fsp3) is 0.250. The molecule has 0 aliphatic heterocycles. The van der Waals surface area contributed by atoms with Crippen molar-refractivity contribution in [3.8, 4) is 10.6 Å². The molecule has 1 aliphatic carbocycles. The molecule has 1 unspecified atom stereocenters. The Hall–Kier alpha value is -2.73. The first-order valence-corrected chi connectivity index (χ1v) is 9.56. The number of hydrogen-bond acceptors (Lipinski definition) is 5. The summed E-state index contributed by atoms with van der Waals surface area (Å²) in [4.78, 5) is 23.0. The maximum atomic E-state index is 12.7. The number of amides is 1. The molecule has 0 bridgehead atoms. The summed E-state index contributed by atoms with van der Waals surface area (Å²) in [5.41, 5.74) is 3.41. The third kappa shape index (κ3) is 3.32. The highest BCUT2D eigenvalue weighted by Gasteiger charge is 2.22. The van der Waals surface area contributed by atoms with Crippen LogP contribution < -0.4 is 10.6 Å². The highest BCUT2D eigenvalue weighted by atomic mass is 32.1. The Balaban J connectivity index is 1.52. The van der Waals surface area contributed by atoms with Crippen molar-refractivity contribution >= 4 is 23.2 Å². The molecule has 1 amide bonds. The van der Waals surface area contributed by atoms with Gasteiger partial charge in [0.25, 0.3) is 5.91 Å². The zero-order valence-corrected chi connectivity index (χ0v) is 15.3. The summed E-state index contributed by atoms with van der Waals surface area (Å²) >= 11 is 1.45. The van der Waals surface area contributed by atoms with Gasteiger partial charge in [0.15, 0.2) is 0 Å². The van der Waals surface area contributed by atoms with E-state index in [0.717, 1.165) is 29.8 Å². The average Bonchev–Trinajstić information content (AvgIpc) is 3.19. The molecule has 2 aromatic heterocycles. The largest absolute Gasteiger partial charge is 0.357 e. The summed E-state index contributed by atoms with van der Waals surface area (Å²) < 4.78 is 0. The number of fused-ring (bicyclic) bond motifs is 1. The molecule has 1 atom stereocenters. The number of anilines is 1. The van der Waals surface area contributed by atoms with Crippen LogP contribution in [0.2, 0.25) is 0 Å². The van der Waals surface area contributed by atoms with Crippen LogP contribution in [0.25, 0.3) is 10.6 Å². The van der Waals surface area contributed by atoms with Crippen molar-refractivity contribution in [3.05, 3.63) is 64.7 Å². The smallest absolute Gasteiger partial charge is 0.261 e. The van der Waals surface area contributed by atoms with Crippen LogP contribution in [0.5, 0.6) is 0 Å². The van der Waals surface area contributed by atoms with Gasteiger partial charge in [0.1, 0.15) is 0 Å². The third-order valence-corrected chi connectivity index (χ3v) is 5.74. The van der Waals surface area contributed by atoms with Gasteiger partial charge >= 0.3 is 0 Å². The summed E-state index contributed by atoms with van der Waals surface area (Å²) in [5, 5.41) is 6.14. The maximum absolute atomic E-state index is 12.7. The van der Waals surface area contributed by atoms with E-state index < -0.39 is 0 Å². The molecule has 0 fully saturated rings. The van der Waals surface area contributed by atoms with Gasteiger partial charge in [-0.2, -0.15) is 0 Å². The number of aromatic nitrogens is 2. The zero-order chi connectivity index (χ0) is 17.9. The molecule has 1 aliphatic rings. The molecule has 6 heteroatoms. The number of benzene rings is 1. The van der Waals surface area contributed by atoms with Gasteiger partial charge in [0.2, 0.25) is 5.95 Å². The molecule has 4 rings (SSSR count). The predicted molar refractivity (Wildman–Crippen MR) is 104 cm³/mol.